The zero-order valence-electron chi connectivity index (χ0n) is 15.9. The molecule has 2 amide bonds. The van der Waals surface area contributed by atoms with Crippen molar-refractivity contribution < 1.29 is 13.2 Å². The highest BCUT2D eigenvalue weighted by Gasteiger charge is 2.34. The fraction of sp³-hybridized carbons (Fsp3) is 0.300. The van der Waals surface area contributed by atoms with Gasteiger partial charge in [0.2, 0.25) is 0 Å². The van der Waals surface area contributed by atoms with Gasteiger partial charge in [0.15, 0.2) is 0 Å². The third kappa shape index (κ3) is 4.23. The number of benzene rings is 2. The average molecular weight is 401 g/mol. The van der Waals surface area contributed by atoms with Crippen LogP contribution in [0.3, 0.4) is 0 Å². The lowest BCUT2D eigenvalue weighted by atomic mass is 9.91. The molecule has 0 aliphatic carbocycles. The molecule has 1 heterocycles. The number of nitrogens with one attached hydrogen (secondary N) is 1. The summed E-state index contributed by atoms with van der Waals surface area (Å²) >= 11 is 0. The van der Waals surface area contributed by atoms with Crippen LogP contribution in [0.25, 0.3) is 0 Å². The monoisotopic (exact) mass is 400 g/mol. The molecular formula is C20H24N4O3S. The second kappa shape index (κ2) is 8.53. The molecule has 1 aliphatic rings. The van der Waals surface area contributed by atoms with Crippen LogP contribution >= 0.6 is 0 Å². The maximum Gasteiger partial charge on any atom is 0.352 e. The van der Waals surface area contributed by atoms with E-state index < -0.39 is 16.2 Å². The van der Waals surface area contributed by atoms with Crippen molar-refractivity contribution >= 4 is 22.0 Å². The third-order valence-corrected chi connectivity index (χ3v) is 6.31. The Kier molecular flexibility index (Phi) is 6.11. The number of rotatable bonds is 6. The van der Waals surface area contributed by atoms with Gasteiger partial charge in [-0.25, -0.2) is 14.5 Å². The fourth-order valence-electron chi connectivity index (χ4n) is 3.24. The molecule has 0 radical (unpaired) electrons. The Bertz CT molecular complexity index is 942. The Morgan fingerprint density at radius 3 is 2.21 bits per heavy atom. The number of carbonyl (C=O) groups is 1. The molecule has 148 valence electrons. The highest BCUT2D eigenvalue weighted by atomic mass is 32.2. The molecule has 7 nitrogen and oxygen atoms in total. The normalized spacial score (nSPS) is 16.9. The first-order valence-corrected chi connectivity index (χ1v) is 10.7. The zero-order valence-corrected chi connectivity index (χ0v) is 16.8. The van der Waals surface area contributed by atoms with Gasteiger partial charge in [-0.15, -0.1) is 0 Å². The van der Waals surface area contributed by atoms with Crippen molar-refractivity contribution in [1.29, 1.82) is 0 Å². The minimum absolute atomic E-state index is 0.134. The summed E-state index contributed by atoms with van der Waals surface area (Å²) in [6, 6.07) is 18.6. The van der Waals surface area contributed by atoms with E-state index in [-0.39, 0.29) is 25.6 Å². The molecule has 1 aliphatic heterocycles. The molecule has 3 rings (SSSR count). The Balaban J connectivity index is 1.89. The second-order valence-corrected chi connectivity index (χ2v) is 8.06. The molecule has 1 atom stereocenters. The largest absolute Gasteiger partial charge is 0.352 e. The summed E-state index contributed by atoms with van der Waals surface area (Å²) in [6.07, 6.45) is 0. The number of carbonyl (C=O) groups excluding carboxylic acids is 1. The van der Waals surface area contributed by atoms with E-state index in [9.17, 15) is 13.2 Å². The second-order valence-electron chi connectivity index (χ2n) is 6.39. The maximum atomic E-state index is 12.7. The standard InChI is InChI=1S/C20H24N4O3S/c1-3-23(4-2)28(26,27)22-20(25)24-15-18(16-11-7-5-8-12-16)19(21-24)17-13-9-6-10-14-17/h5-14,18H,3-4,15H2,1-2H3,(H,22,25). The molecular weight excluding hydrogens is 376 g/mol. The summed E-state index contributed by atoms with van der Waals surface area (Å²) in [5, 5.41) is 5.66. The maximum absolute atomic E-state index is 12.7. The lowest BCUT2D eigenvalue weighted by molar-refractivity contribution is 0.209. The van der Waals surface area contributed by atoms with Crippen molar-refractivity contribution in [2.75, 3.05) is 19.6 Å². The van der Waals surface area contributed by atoms with Crippen molar-refractivity contribution in [3.63, 3.8) is 0 Å². The fourth-order valence-corrected chi connectivity index (χ4v) is 4.37. The first-order chi connectivity index (χ1) is 13.5. The highest BCUT2D eigenvalue weighted by Crippen LogP contribution is 2.28. The zero-order chi connectivity index (χ0) is 20.1. The van der Waals surface area contributed by atoms with Gasteiger partial charge in [0.05, 0.1) is 12.3 Å². The van der Waals surface area contributed by atoms with E-state index in [1.54, 1.807) is 13.8 Å². The highest BCUT2D eigenvalue weighted by molar-refractivity contribution is 7.87. The molecule has 8 heteroatoms. The molecule has 0 fully saturated rings. The Hall–Kier alpha value is -2.71. The quantitative estimate of drug-likeness (QED) is 0.809. The SMILES string of the molecule is CCN(CC)S(=O)(=O)NC(=O)N1CC(c2ccccc2)C(c2ccccc2)=N1. The van der Waals surface area contributed by atoms with Crippen LogP contribution in [0.1, 0.15) is 30.9 Å². The molecule has 0 aromatic heterocycles. The van der Waals surface area contributed by atoms with Gasteiger partial charge in [0.1, 0.15) is 0 Å². The van der Waals surface area contributed by atoms with Crippen molar-refractivity contribution in [2.24, 2.45) is 5.10 Å². The number of hydrogen-bond acceptors (Lipinski definition) is 4. The first kappa shape index (κ1) is 20.0. The van der Waals surface area contributed by atoms with Crippen LogP contribution in [-0.4, -0.2) is 49.1 Å². The molecule has 2 aromatic carbocycles. The van der Waals surface area contributed by atoms with Gasteiger partial charge < -0.3 is 0 Å². The summed E-state index contributed by atoms with van der Waals surface area (Å²) in [5.41, 5.74) is 2.66. The molecule has 2 aromatic rings. The van der Waals surface area contributed by atoms with E-state index in [1.807, 2.05) is 60.7 Å². The molecule has 0 spiro atoms. The first-order valence-electron chi connectivity index (χ1n) is 9.24. The molecule has 28 heavy (non-hydrogen) atoms. The van der Waals surface area contributed by atoms with Crippen LogP contribution in [-0.2, 0) is 10.2 Å². The van der Waals surface area contributed by atoms with Crippen molar-refractivity contribution in [3.05, 3.63) is 71.8 Å². The molecule has 0 bridgehead atoms. The lowest BCUT2D eigenvalue weighted by Gasteiger charge is -2.21. The van der Waals surface area contributed by atoms with E-state index in [0.717, 1.165) is 16.8 Å². The summed E-state index contributed by atoms with van der Waals surface area (Å²) in [6.45, 7) is 4.28. The van der Waals surface area contributed by atoms with Crippen molar-refractivity contribution in [1.82, 2.24) is 14.0 Å². The number of nitrogens with zero attached hydrogens (tertiary/aromatic N) is 3. The Labute approximate surface area is 165 Å². The number of hydrazone groups is 1. The van der Waals surface area contributed by atoms with Crippen molar-refractivity contribution in [2.45, 2.75) is 19.8 Å². The summed E-state index contributed by atoms with van der Waals surface area (Å²) in [4.78, 5) is 12.7. The average Bonchev–Trinajstić information content (AvgIpc) is 3.15. The van der Waals surface area contributed by atoms with E-state index in [4.69, 9.17) is 0 Å². The topological polar surface area (TPSA) is 82.1 Å². The van der Waals surface area contributed by atoms with E-state index in [2.05, 4.69) is 9.82 Å². The number of hydrogen-bond donors (Lipinski definition) is 1. The van der Waals surface area contributed by atoms with Gasteiger partial charge >= 0.3 is 16.2 Å². The smallest absolute Gasteiger partial charge is 0.245 e. The molecule has 1 unspecified atom stereocenters. The van der Waals surface area contributed by atoms with Gasteiger partial charge in [-0.3, -0.25) is 0 Å². The summed E-state index contributed by atoms with van der Waals surface area (Å²) < 4.78 is 28.1. The van der Waals surface area contributed by atoms with Gasteiger partial charge in [-0.1, -0.05) is 74.5 Å². The van der Waals surface area contributed by atoms with Gasteiger partial charge in [0.25, 0.3) is 0 Å². The van der Waals surface area contributed by atoms with E-state index in [1.165, 1.54) is 9.31 Å². The van der Waals surface area contributed by atoms with Crippen LogP contribution in [0.5, 0.6) is 0 Å². The van der Waals surface area contributed by atoms with E-state index >= 15 is 0 Å². The Morgan fingerprint density at radius 2 is 1.64 bits per heavy atom. The minimum atomic E-state index is -3.90. The summed E-state index contributed by atoms with van der Waals surface area (Å²) in [7, 11) is -3.90. The summed E-state index contributed by atoms with van der Waals surface area (Å²) in [5.74, 6) is -0.134. The Morgan fingerprint density at radius 1 is 1.07 bits per heavy atom. The van der Waals surface area contributed by atoms with Crippen LogP contribution < -0.4 is 4.72 Å². The van der Waals surface area contributed by atoms with Gasteiger partial charge in [-0.05, 0) is 11.1 Å². The van der Waals surface area contributed by atoms with Crippen LogP contribution in [0.2, 0.25) is 0 Å². The predicted octanol–water partition coefficient (Wildman–Crippen LogP) is 2.79. The van der Waals surface area contributed by atoms with Crippen LogP contribution in [0, 0.1) is 0 Å². The molecule has 0 saturated heterocycles. The third-order valence-electron chi connectivity index (χ3n) is 4.68. The number of urea groups is 1. The molecule has 0 saturated carbocycles. The van der Waals surface area contributed by atoms with Crippen LogP contribution in [0.4, 0.5) is 4.79 Å². The number of amides is 2. The van der Waals surface area contributed by atoms with E-state index in [0.29, 0.717) is 0 Å². The molecule has 1 N–H and O–H groups in total. The van der Waals surface area contributed by atoms with Crippen molar-refractivity contribution in [3.8, 4) is 0 Å². The van der Waals surface area contributed by atoms with Crippen LogP contribution in [0.15, 0.2) is 65.8 Å². The predicted molar refractivity (Wildman–Crippen MR) is 109 cm³/mol. The minimum Gasteiger partial charge on any atom is -0.245 e. The van der Waals surface area contributed by atoms with Gasteiger partial charge in [0, 0.05) is 19.0 Å². The lowest BCUT2D eigenvalue weighted by Crippen LogP contribution is -2.47. The van der Waals surface area contributed by atoms with Gasteiger partial charge in [-0.2, -0.15) is 17.8 Å².